The van der Waals surface area contributed by atoms with Gasteiger partial charge in [0.1, 0.15) is 11.3 Å². The number of nitrogens with one attached hydrogen (secondary N) is 2. The van der Waals surface area contributed by atoms with Gasteiger partial charge in [0.2, 0.25) is 0 Å². The van der Waals surface area contributed by atoms with E-state index in [1.807, 2.05) is 12.1 Å². The molecule has 0 unspecified atom stereocenters. The molecule has 0 atom stereocenters. The predicted octanol–water partition coefficient (Wildman–Crippen LogP) is 2.16. The zero-order valence-electron chi connectivity index (χ0n) is 14.4. The van der Waals surface area contributed by atoms with Crippen LogP contribution in [-0.4, -0.2) is 45.8 Å². The molecular formula is C17H18F3N7. The van der Waals surface area contributed by atoms with E-state index in [2.05, 4.69) is 30.6 Å². The second kappa shape index (κ2) is 7.03. The third-order valence-electron chi connectivity index (χ3n) is 4.39. The number of nitrogens with zero attached hydrogens (tertiary/aromatic N) is 5. The highest BCUT2D eigenvalue weighted by Crippen LogP contribution is 2.30. The molecule has 142 valence electrons. The molecule has 1 aliphatic heterocycles. The topological polar surface area (TPSA) is 70.4 Å². The molecule has 4 rings (SSSR count). The van der Waals surface area contributed by atoms with Crippen molar-refractivity contribution in [2.45, 2.75) is 12.7 Å². The number of piperazine rings is 1. The summed E-state index contributed by atoms with van der Waals surface area (Å²) in [5.41, 5.74) is 0.308. The Kier molecular flexibility index (Phi) is 4.56. The molecule has 27 heavy (non-hydrogen) atoms. The molecule has 0 amide bonds. The average molecular weight is 377 g/mol. The number of aromatic nitrogens is 4. The molecule has 0 saturated carbocycles. The molecule has 0 aromatic carbocycles. The zero-order valence-corrected chi connectivity index (χ0v) is 14.4. The van der Waals surface area contributed by atoms with Crippen molar-refractivity contribution in [1.29, 1.82) is 0 Å². The fourth-order valence-electron chi connectivity index (χ4n) is 3.02. The van der Waals surface area contributed by atoms with E-state index in [-0.39, 0.29) is 5.52 Å². The number of anilines is 2. The van der Waals surface area contributed by atoms with E-state index >= 15 is 0 Å². The maximum atomic E-state index is 12.9. The standard InChI is InChI=1S/C17H18F3N7/c18-17(19,20)14-10-13-16(23-5-8-27(13)25-14)24-11-12-1-2-22-15(9-12)26-6-3-21-4-7-26/h1-2,5,8-10,21H,3-4,6-7,11H2,(H,23,24). The highest BCUT2D eigenvalue weighted by molar-refractivity contribution is 5.68. The van der Waals surface area contributed by atoms with Gasteiger partial charge in [0.25, 0.3) is 0 Å². The van der Waals surface area contributed by atoms with Crippen LogP contribution in [0.4, 0.5) is 24.8 Å². The molecule has 4 heterocycles. The van der Waals surface area contributed by atoms with Gasteiger partial charge in [0.15, 0.2) is 11.5 Å². The maximum absolute atomic E-state index is 12.9. The van der Waals surface area contributed by atoms with E-state index in [0.29, 0.717) is 12.4 Å². The van der Waals surface area contributed by atoms with E-state index < -0.39 is 11.9 Å². The van der Waals surface area contributed by atoms with Crippen molar-refractivity contribution in [3.05, 3.63) is 48.0 Å². The smallest absolute Gasteiger partial charge is 0.364 e. The molecule has 1 saturated heterocycles. The Bertz CT molecular complexity index is 932. The van der Waals surface area contributed by atoms with Gasteiger partial charge in [0, 0.05) is 57.4 Å². The number of hydrogen-bond acceptors (Lipinski definition) is 6. The van der Waals surface area contributed by atoms with Crippen molar-refractivity contribution < 1.29 is 13.2 Å². The van der Waals surface area contributed by atoms with Gasteiger partial charge < -0.3 is 15.5 Å². The van der Waals surface area contributed by atoms with Gasteiger partial charge in [-0.2, -0.15) is 18.3 Å². The van der Waals surface area contributed by atoms with Crippen LogP contribution in [0.25, 0.3) is 5.52 Å². The molecule has 2 N–H and O–H groups in total. The summed E-state index contributed by atoms with van der Waals surface area (Å²) in [6.45, 7) is 4.03. The van der Waals surface area contributed by atoms with Crippen molar-refractivity contribution in [2.75, 3.05) is 36.4 Å². The Hall–Kier alpha value is -2.88. The summed E-state index contributed by atoms with van der Waals surface area (Å²) in [6.07, 6.45) is 0.0570. The van der Waals surface area contributed by atoms with Crippen molar-refractivity contribution >= 4 is 17.2 Å². The van der Waals surface area contributed by atoms with E-state index in [9.17, 15) is 13.2 Å². The minimum atomic E-state index is -4.49. The largest absolute Gasteiger partial charge is 0.435 e. The summed E-state index contributed by atoms with van der Waals surface area (Å²) in [5, 5.41) is 9.96. The second-order valence-corrected chi connectivity index (χ2v) is 6.25. The summed E-state index contributed by atoms with van der Waals surface area (Å²) in [6, 6.07) is 4.85. The minimum Gasteiger partial charge on any atom is -0.364 e. The first kappa shape index (κ1) is 17.5. The fourth-order valence-corrected chi connectivity index (χ4v) is 3.02. The number of halogens is 3. The van der Waals surface area contributed by atoms with Gasteiger partial charge in [-0.25, -0.2) is 14.5 Å². The number of pyridine rings is 1. The van der Waals surface area contributed by atoms with Crippen molar-refractivity contribution in [1.82, 2.24) is 24.9 Å². The van der Waals surface area contributed by atoms with E-state index in [1.165, 1.54) is 16.9 Å². The van der Waals surface area contributed by atoms with Gasteiger partial charge in [0.05, 0.1) is 0 Å². The Balaban J connectivity index is 1.52. The van der Waals surface area contributed by atoms with Crippen LogP contribution in [-0.2, 0) is 12.7 Å². The van der Waals surface area contributed by atoms with E-state index in [4.69, 9.17) is 0 Å². The van der Waals surface area contributed by atoms with Crippen LogP contribution >= 0.6 is 0 Å². The van der Waals surface area contributed by atoms with Crippen molar-refractivity contribution in [3.8, 4) is 0 Å². The van der Waals surface area contributed by atoms with Crippen molar-refractivity contribution in [3.63, 3.8) is 0 Å². The number of rotatable bonds is 4. The van der Waals surface area contributed by atoms with Crippen LogP contribution in [0.5, 0.6) is 0 Å². The molecule has 1 aliphatic rings. The predicted molar refractivity (Wildman–Crippen MR) is 94.6 cm³/mol. The number of hydrogen-bond donors (Lipinski definition) is 2. The van der Waals surface area contributed by atoms with Crippen LogP contribution in [0.2, 0.25) is 0 Å². The SMILES string of the molecule is FC(F)(F)c1cc2c(NCc3ccnc(N4CCNCC4)c3)nccn2n1. The Labute approximate surface area is 153 Å². The molecule has 10 heteroatoms. The van der Waals surface area contributed by atoms with Gasteiger partial charge in [-0.1, -0.05) is 0 Å². The maximum Gasteiger partial charge on any atom is 0.435 e. The molecule has 3 aromatic rings. The molecule has 0 aliphatic carbocycles. The number of fused-ring (bicyclic) bond motifs is 1. The Morgan fingerprint density at radius 2 is 1.93 bits per heavy atom. The van der Waals surface area contributed by atoms with Crippen molar-refractivity contribution in [2.24, 2.45) is 0 Å². The highest BCUT2D eigenvalue weighted by Gasteiger charge is 2.34. The van der Waals surface area contributed by atoms with Gasteiger partial charge in [-0.15, -0.1) is 0 Å². The van der Waals surface area contributed by atoms with E-state index in [1.54, 1.807) is 6.20 Å². The third-order valence-corrected chi connectivity index (χ3v) is 4.39. The molecule has 3 aromatic heterocycles. The highest BCUT2D eigenvalue weighted by atomic mass is 19.4. The first-order valence-electron chi connectivity index (χ1n) is 8.57. The van der Waals surface area contributed by atoms with Crippen LogP contribution in [0, 0.1) is 0 Å². The average Bonchev–Trinajstić information content (AvgIpc) is 3.13. The van der Waals surface area contributed by atoms with Gasteiger partial charge >= 0.3 is 6.18 Å². The summed E-state index contributed by atoms with van der Waals surface area (Å²) < 4.78 is 39.9. The number of alkyl halides is 3. The lowest BCUT2D eigenvalue weighted by Gasteiger charge is -2.28. The molecule has 0 spiro atoms. The first-order chi connectivity index (χ1) is 13.0. The molecule has 1 fully saturated rings. The monoisotopic (exact) mass is 377 g/mol. The lowest BCUT2D eigenvalue weighted by atomic mass is 10.2. The van der Waals surface area contributed by atoms with E-state index in [0.717, 1.165) is 43.6 Å². The third kappa shape index (κ3) is 3.80. The van der Waals surface area contributed by atoms with Gasteiger partial charge in [-0.05, 0) is 17.7 Å². The second-order valence-electron chi connectivity index (χ2n) is 6.25. The van der Waals surface area contributed by atoms with Crippen LogP contribution in [0.15, 0.2) is 36.8 Å². The summed E-state index contributed by atoms with van der Waals surface area (Å²) in [5.74, 6) is 1.24. The molecule has 0 bridgehead atoms. The summed E-state index contributed by atoms with van der Waals surface area (Å²) in [7, 11) is 0. The van der Waals surface area contributed by atoms with Crippen LogP contribution < -0.4 is 15.5 Å². The fraction of sp³-hybridized carbons (Fsp3) is 0.353. The van der Waals surface area contributed by atoms with Gasteiger partial charge in [-0.3, -0.25) is 0 Å². The quantitative estimate of drug-likeness (QED) is 0.726. The first-order valence-corrected chi connectivity index (χ1v) is 8.57. The molecule has 0 radical (unpaired) electrons. The Morgan fingerprint density at radius 1 is 1.11 bits per heavy atom. The minimum absolute atomic E-state index is 0.279. The lowest BCUT2D eigenvalue weighted by Crippen LogP contribution is -2.43. The zero-order chi connectivity index (χ0) is 18.9. The normalized spacial score (nSPS) is 15.3. The van der Waals surface area contributed by atoms with Crippen LogP contribution in [0.3, 0.4) is 0 Å². The Morgan fingerprint density at radius 3 is 2.70 bits per heavy atom. The summed E-state index contributed by atoms with van der Waals surface area (Å²) >= 11 is 0. The molecule has 7 nitrogen and oxygen atoms in total. The summed E-state index contributed by atoms with van der Waals surface area (Å²) in [4.78, 5) is 10.8. The van der Waals surface area contributed by atoms with Crippen LogP contribution in [0.1, 0.15) is 11.3 Å². The lowest BCUT2D eigenvalue weighted by molar-refractivity contribution is -0.141. The molecular weight excluding hydrogens is 359 g/mol.